The highest BCUT2D eigenvalue weighted by Gasteiger charge is 2.09. The van der Waals surface area contributed by atoms with E-state index < -0.39 is 0 Å². The smallest absolute Gasteiger partial charge is 0.141 e. The summed E-state index contributed by atoms with van der Waals surface area (Å²) in [6, 6.07) is 5.25. The summed E-state index contributed by atoms with van der Waals surface area (Å²) >= 11 is 3.32. The number of rotatable bonds is 3. The monoisotopic (exact) mass is 309 g/mol. The number of nitrogens with one attached hydrogen (secondary N) is 1. The lowest BCUT2D eigenvalue weighted by atomic mass is 10.1. The Labute approximate surface area is 114 Å². The Kier molecular flexibility index (Phi) is 3.91. The molecule has 1 N–H and O–H groups in total. The summed E-state index contributed by atoms with van der Waals surface area (Å²) in [5.74, 6) is -0.327. The van der Waals surface area contributed by atoms with Crippen molar-refractivity contribution in [3.63, 3.8) is 0 Å². The van der Waals surface area contributed by atoms with Crippen LogP contribution in [0.25, 0.3) is 0 Å². The molecule has 2 heterocycles. The van der Waals surface area contributed by atoms with E-state index in [1.165, 1.54) is 12.3 Å². The van der Waals surface area contributed by atoms with Crippen molar-refractivity contribution >= 4 is 21.6 Å². The van der Waals surface area contributed by atoms with Gasteiger partial charge in [0.25, 0.3) is 0 Å². The SMILES string of the molecule is Cc1nc(Br)ccc1NC(C)c1cncc(F)c1. The van der Waals surface area contributed by atoms with Crippen molar-refractivity contribution in [2.45, 2.75) is 19.9 Å². The molecule has 0 bridgehead atoms. The fourth-order valence-corrected chi connectivity index (χ4v) is 2.06. The van der Waals surface area contributed by atoms with Crippen LogP contribution >= 0.6 is 15.9 Å². The van der Waals surface area contributed by atoms with Crippen molar-refractivity contribution in [2.24, 2.45) is 0 Å². The number of pyridine rings is 2. The van der Waals surface area contributed by atoms with Gasteiger partial charge in [-0.2, -0.15) is 0 Å². The molecule has 0 saturated carbocycles. The van der Waals surface area contributed by atoms with Crippen LogP contribution in [0, 0.1) is 12.7 Å². The molecule has 0 fully saturated rings. The topological polar surface area (TPSA) is 37.8 Å². The van der Waals surface area contributed by atoms with Crippen LogP contribution in [0.1, 0.15) is 24.2 Å². The molecule has 5 heteroatoms. The third-order valence-electron chi connectivity index (χ3n) is 2.65. The maximum absolute atomic E-state index is 13.1. The fraction of sp³-hybridized carbons (Fsp3) is 0.231. The van der Waals surface area contributed by atoms with Crippen LogP contribution in [0.5, 0.6) is 0 Å². The number of halogens is 2. The third kappa shape index (κ3) is 3.04. The lowest BCUT2D eigenvalue weighted by molar-refractivity contribution is 0.616. The minimum Gasteiger partial charge on any atom is -0.377 e. The largest absolute Gasteiger partial charge is 0.377 e. The van der Waals surface area contributed by atoms with Gasteiger partial charge >= 0.3 is 0 Å². The molecule has 2 aromatic rings. The Morgan fingerprint density at radius 2 is 2.11 bits per heavy atom. The third-order valence-corrected chi connectivity index (χ3v) is 3.09. The summed E-state index contributed by atoms with van der Waals surface area (Å²) in [4.78, 5) is 8.15. The van der Waals surface area contributed by atoms with Gasteiger partial charge in [0.05, 0.1) is 23.6 Å². The van der Waals surface area contributed by atoms with Crippen molar-refractivity contribution in [3.05, 3.63) is 52.3 Å². The van der Waals surface area contributed by atoms with E-state index in [1.54, 1.807) is 6.20 Å². The zero-order valence-corrected chi connectivity index (χ0v) is 11.7. The van der Waals surface area contributed by atoms with Crippen molar-refractivity contribution in [3.8, 4) is 0 Å². The zero-order chi connectivity index (χ0) is 13.1. The number of aryl methyl sites for hydroxylation is 1. The molecule has 0 aliphatic rings. The molecule has 0 amide bonds. The number of nitrogens with zero attached hydrogens (tertiary/aromatic N) is 2. The summed E-state index contributed by atoms with van der Waals surface area (Å²) in [7, 11) is 0. The van der Waals surface area contributed by atoms with Gasteiger partial charge in [0.2, 0.25) is 0 Å². The molecule has 1 unspecified atom stereocenters. The zero-order valence-electron chi connectivity index (χ0n) is 10.1. The highest BCUT2D eigenvalue weighted by molar-refractivity contribution is 9.10. The van der Waals surface area contributed by atoms with E-state index in [0.29, 0.717) is 0 Å². The van der Waals surface area contributed by atoms with Crippen molar-refractivity contribution in [2.75, 3.05) is 5.32 Å². The first-order valence-corrected chi connectivity index (χ1v) is 6.35. The van der Waals surface area contributed by atoms with E-state index in [-0.39, 0.29) is 11.9 Å². The van der Waals surface area contributed by atoms with Crippen LogP contribution in [-0.4, -0.2) is 9.97 Å². The predicted molar refractivity (Wildman–Crippen MR) is 72.9 cm³/mol. The Morgan fingerprint density at radius 3 is 2.78 bits per heavy atom. The number of aromatic nitrogens is 2. The molecule has 0 radical (unpaired) electrons. The summed E-state index contributed by atoms with van der Waals surface area (Å²) in [5, 5.41) is 3.29. The summed E-state index contributed by atoms with van der Waals surface area (Å²) in [6.45, 7) is 3.88. The minimum atomic E-state index is -0.327. The van der Waals surface area contributed by atoms with Crippen LogP contribution in [0.15, 0.2) is 35.2 Å². The highest BCUT2D eigenvalue weighted by Crippen LogP contribution is 2.22. The van der Waals surface area contributed by atoms with Crippen LogP contribution in [-0.2, 0) is 0 Å². The quantitative estimate of drug-likeness (QED) is 0.875. The summed E-state index contributed by atoms with van der Waals surface area (Å²) in [6.07, 6.45) is 2.85. The van der Waals surface area contributed by atoms with Gasteiger partial charge in [-0.05, 0) is 53.5 Å². The Morgan fingerprint density at radius 1 is 1.33 bits per heavy atom. The van der Waals surface area contributed by atoms with Gasteiger partial charge in [-0.3, -0.25) is 4.98 Å². The molecule has 2 aromatic heterocycles. The lowest BCUT2D eigenvalue weighted by Gasteiger charge is -2.16. The maximum Gasteiger partial charge on any atom is 0.141 e. The van der Waals surface area contributed by atoms with Crippen LogP contribution < -0.4 is 5.32 Å². The first kappa shape index (κ1) is 13.0. The van der Waals surface area contributed by atoms with E-state index in [2.05, 4.69) is 31.2 Å². The molecule has 3 nitrogen and oxygen atoms in total. The molecule has 0 aromatic carbocycles. The number of anilines is 1. The Bertz CT molecular complexity index is 560. The predicted octanol–water partition coefficient (Wildman–Crippen LogP) is 3.86. The Balaban J connectivity index is 2.18. The van der Waals surface area contributed by atoms with E-state index in [0.717, 1.165) is 21.5 Å². The summed E-state index contributed by atoms with van der Waals surface area (Å²) < 4.78 is 13.9. The number of hydrogen-bond acceptors (Lipinski definition) is 3. The second-order valence-corrected chi connectivity index (χ2v) is 4.88. The summed E-state index contributed by atoms with van der Waals surface area (Å²) in [5.41, 5.74) is 2.62. The standard InChI is InChI=1S/C13H13BrFN3/c1-8(10-5-11(15)7-16-6-10)17-12-3-4-13(14)18-9(12)2/h3-8,17H,1-2H3. The molecular weight excluding hydrogens is 297 g/mol. The second-order valence-electron chi connectivity index (χ2n) is 4.07. The molecule has 2 rings (SSSR count). The average Bonchev–Trinajstić information content (AvgIpc) is 2.32. The van der Waals surface area contributed by atoms with E-state index >= 15 is 0 Å². The molecule has 18 heavy (non-hydrogen) atoms. The van der Waals surface area contributed by atoms with Gasteiger partial charge in [-0.25, -0.2) is 9.37 Å². The van der Waals surface area contributed by atoms with Crippen molar-refractivity contribution in [1.82, 2.24) is 9.97 Å². The van der Waals surface area contributed by atoms with Gasteiger partial charge in [-0.15, -0.1) is 0 Å². The van der Waals surface area contributed by atoms with Crippen molar-refractivity contribution in [1.29, 1.82) is 0 Å². The highest BCUT2D eigenvalue weighted by atomic mass is 79.9. The number of hydrogen-bond donors (Lipinski definition) is 1. The fourth-order valence-electron chi connectivity index (χ4n) is 1.66. The molecule has 0 aliphatic heterocycles. The second kappa shape index (κ2) is 5.44. The normalized spacial score (nSPS) is 12.2. The molecule has 94 valence electrons. The average molecular weight is 310 g/mol. The molecule has 0 aliphatic carbocycles. The van der Waals surface area contributed by atoms with Gasteiger partial charge in [-0.1, -0.05) is 0 Å². The van der Waals surface area contributed by atoms with Crippen LogP contribution in [0.2, 0.25) is 0 Å². The van der Waals surface area contributed by atoms with Gasteiger partial charge in [0.1, 0.15) is 10.4 Å². The van der Waals surface area contributed by atoms with Crippen LogP contribution in [0.4, 0.5) is 10.1 Å². The van der Waals surface area contributed by atoms with Gasteiger partial charge < -0.3 is 5.32 Å². The van der Waals surface area contributed by atoms with Gasteiger partial charge in [0.15, 0.2) is 0 Å². The molecule has 0 spiro atoms. The molecule has 0 saturated heterocycles. The minimum absolute atomic E-state index is 0.0325. The first-order chi connectivity index (χ1) is 8.56. The van der Waals surface area contributed by atoms with E-state index in [4.69, 9.17) is 0 Å². The molecule has 1 atom stereocenters. The van der Waals surface area contributed by atoms with E-state index in [1.807, 2.05) is 26.0 Å². The van der Waals surface area contributed by atoms with Gasteiger partial charge in [0, 0.05) is 6.20 Å². The Hall–Kier alpha value is -1.49. The molecular formula is C13H13BrFN3. The van der Waals surface area contributed by atoms with Crippen molar-refractivity contribution < 1.29 is 4.39 Å². The van der Waals surface area contributed by atoms with Crippen LogP contribution in [0.3, 0.4) is 0 Å². The first-order valence-electron chi connectivity index (χ1n) is 5.56. The lowest BCUT2D eigenvalue weighted by Crippen LogP contribution is -2.09. The maximum atomic E-state index is 13.1. The van der Waals surface area contributed by atoms with E-state index in [9.17, 15) is 4.39 Å².